The molecule has 1 heterocycles. The van der Waals surface area contributed by atoms with Crippen molar-refractivity contribution in [3.05, 3.63) is 29.3 Å². The van der Waals surface area contributed by atoms with Crippen LogP contribution in [0.2, 0.25) is 0 Å². The summed E-state index contributed by atoms with van der Waals surface area (Å²) < 4.78 is 0. The highest BCUT2D eigenvalue weighted by Gasteiger charge is 2.34. The van der Waals surface area contributed by atoms with Gasteiger partial charge >= 0.3 is 0 Å². The Morgan fingerprint density at radius 1 is 1.20 bits per heavy atom. The number of rotatable bonds is 2. The number of carbonyl (C=O) groups is 2. The fraction of sp³-hybridized carbons (Fsp3) is 0.273. The summed E-state index contributed by atoms with van der Waals surface area (Å²) in [7, 11) is 0. The van der Waals surface area contributed by atoms with E-state index < -0.39 is 0 Å². The smallest absolute Gasteiger partial charge is 0.261 e. The predicted molar refractivity (Wildman–Crippen MR) is 56.5 cm³/mol. The number of imide groups is 1. The van der Waals surface area contributed by atoms with Gasteiger partial charge in [-0.25, -0.2) is 0 Å². The number of nitrogens with zero attached hydrogens (tertiary/aromatic N) is 1. The predicted octanol–water partition coefficient (Wildman–Crippen LogP) is 1.27. The fourth-order valence-electron chi connectivity index (χ4n) is 1.74. The van der Waals surface area contributed by atoms with E-state index in [0.717, 1.165) is 6.42 Å². The first-order chi connectivity index (χ1) is 7.15. The maximum Gasteiger partial charge on any atom is 0.261 e. The lowest BCUT2D eigenvalue weighted by molar-refractivity contribution is 0.0654. The summed E-state index contributed by atoms with van der Waals surface area (Å²) >= 11 is 0. The van der Waals surface area contributed by atoms with E-state index in [9.17, 15) is 9.59 Å². The molecular weight excluding hydrogens is 192 g/mol. The van der Waals surface area contributed by atoms with Crippen molar-refractivity contribution in [2.75, 3.05) is 12.3 Å². The van der Waals surface area contributed by atoms with Gasteiger partial charge < -0.3 is 5.73 Å². The van der Waals surface area contributed by atoms with Crippen LogP contribution in [0.5, 0.6) is 0 Å². The van der Waals surface area contributed by atoms with E-state index in [4.69, 9.17) is 5.73 Å². The highest BCUT2D eigenvalue weighted by Crippen LogP contribution is 2.24. The van der Waals surface area contributed by atoms with Gasteiger partial charge in [0.1, 0.15) is 0 Å². The van der Waals surface area contributed by atoms with Gasteiger partial charge in [-0.1, -0.05) is 6.92 Å². The van der Waals surface area contributed by atoms with Crippen LogP contribution >= 0.6 is 0 Å². The highest BCUT2D eigenvalue weighted by atomic mass is 16.2. The number of hydrogen-bond donors (Lipinski definition) is 1. The molecule has 0 bridgehead atoms. The van der Waals surface area contributed by atoms with Crippen molar-refractivity contribution < 1.29 is 9.59 Å². The molecule has 0 saturated carbocycles. The van der Waals surface area contributed by atoms with Crippen molar-refractivity contribution in [1.29, 1.82) is 0 Å². The molecule has 0 saturated heterocycles. The first-order valence-corrected chi connectivity index (χ1v) is 4.91. The van der Waals surface area contributed by atoms with Crippen LogP contribution in [0.25, 0.3) is 0 Å². The fourth-order valence-corrected chi connectivity index (χ4v) is 1.74. The minimum atomic E-state index is -0.232. The second kappa shape index (κ2) is 3.38. The Morgan fingerprint density at radius 3 is 2.53 bits per heavy atom. The Morgan fingerprint density at radius 2 is 1.87 bits per heavy atom. The van der Waals surface area contributed by atoms with Gasteiger partial charge in [0.15, 0.2) is 0 Å². The molecule has 1 aliphatic heterocycles. The lowest BCUT2D eigenvalue weighted by Gasteiger charge is -2.11. The maximum atomic E-state index is 11.8. The molecule has 0 aromatic heterocycles. The summed E-state index contributed by atoms with van der Waals surface area (Å²) in [5, 5.41) is 0. The van der Waals surface area contributed by atoms with E-state index in [0.29, 0.717) is 23.4 Å². The number of nitrogen functional groups attached to an aromatic ring is 1. The number of carbonyl (C=O) groups excluding carboxylic acids is 2. The van der Waals surface area contributed by atoms with Crippen molar-refractivity contribution in [3.8, 4) is 0 Å². The molecule has 4 heteroatoms. The van der Waals surface area contributed by atoms with Gasteiger partial charge in [0.2, 0.25) is 0 Å². The molecule has 1 aromatic carbocycles. The lowest BCUT2D eigenvalue weighted by atomic mass is 10.1. The molecule has 78 valence electrons. The van der Waals surface area contributed by atoms with Crippen LogP contribution in [-0.4, -0.2) is 23.3 Å². The van der Waals surface area contributed by atoms with E-state index in [-0.39, 0.29) is 11.8 Å². The lowest BCUT2D eigenvalue weighted by Crippen LogP contribution is -2.30. The van der Waals surface area contributed by atoms with Crippen LogP contribution in [0.15, 0.2) is 18.2 Å². The SMILES string of the molecule is CCCN1C(=O)c2ccc(N)cc2C1=O. The van der Waals surface area contributed by atoms with Gasteiger partial charge in [0.05, 0.1) is 11.1 Å². The summed E-state index contributed by atoms with van der Waals surface area (Å²) in [4.78, 5) is 24.8. The van der Waals surface area contributed by atoms with Crippen molar-refractivity contribution in [3.63, 3.8) is 0 Å². The molecule has 15 heavy (non-hydrogen) atoms. The Hall–Kier alpha value is -1.84. The molecule has 0 fully saturated rings. The molecule has 0 atom stereocenters. The second-order valence-corrected chi connectivity index (χ2v) is 3.57. The van der Waals surface area contributed by atoms with E-state index in [1.54, 1.807) is 18.2 Å². The molecule has 2 rings (SSSR count). The minimum absolute atomic E-state index is 0.211. The number of amides is 2. The molecule has 0 unspecified atom stereocenters. The van der Waals surface area contributed by atoms with Gasteiger partial charge in [0.25, 0.3) is 11.8 Å². The summed E-state index contributed by atoms with van der Waals surface area (Å²) in [6.45, 7) is 2.39. The topological polar surface area (TPSA) is 63.4 Å². The van der Waals surface area contributed by atoms with Crippen molar-refractivity contribution in [2.24, 2.45) is 0 Å². The molecule has 2 amide bonds. The number of benzene rings is 1. The summed E-state index contributed by atoms with van der Waals surface area (Å²) in [5.74, 6) is -0.444. The molecular formula is C11H12N2O2. The zero-order chi connectivity index (χ0) is 11.0. The van der Waals surface area contributed by atoms with Crippen LogP contribution < -0.4 is 5.73 Å². The zero-order valence-electron chi connectivity index (χ0n) is 8.49. The van der Waals surface area contributed by atoms with Crippen molar-refractivity contribution in [1.82, 2.24) is 4.90 Å². The van der Waals surface area contributed by atoms with Crippen LogP contribution in [0.3, 0.4) is 0 Å². The van der Waals surface area contributed by atoms with Crippen molar-refractivity contribution in [2.45, 2.75) is 13.3 Å². The maximum absolute atomic E-state index is 11.8. The Balaban J connectivity index is 2.46. The number of hydrogen-bond acceptors (Lipinski definition) is 3. The first-order valence-electron chi connectivity index (χ1n) is 4.91. The van der Waals surface area contributed by atoms with Crippen LogP contribution in [0.4, 0.5) is 5.69 Å². The third-order valence-electron chi connectivity index (χ3n) is 2.44. The zero-order valence-corrected chi connectivity index (χ0v) is 8.49. The van der Waals surface area contributed by atoms with Gasteiger partial charge in [-0.15, -0.1) is 0 Å². The molecule has 1 aromatic rings. The molecule has 0 aliphatic carbocycles. The molecule has 4 nitrogen and oxygen atoms in total. The monoisotopic (exact) mass is 204 g/mol. The van der Waals surface area contributed by atoms with E-state index in [1.807, 2.05) is 6.92 Å². The van der Waals surface area contributed by atoms with Gasteiger partial charge in [0, 0.05) is 12.2 Å². The Bertz CT molecular complexity index is 440. The molecule has 0 spiro atoms. The van der Waals surface area contributed by atoms with E-state index in [2.05, 4.69) is 0 Å². The quantitative estimate of drug-likeness (QED) is 0.583. The Kier molecular flexibility index (Phi) is 2.19. The number of fused-ring (bicyclic) bond motifs is 1. The standard InChI is InChI=1S/C11H12N2O2/c1-2-5-13-10(14)8-4-3-7(12)6-9(8)11(13)15/h3-4,6H,2,5,12H2,1H3. The molecule has 0 radical (unpaired) electrons. The summed E-state index contributed by atoms with van der Waals surface area (Å²) in [5.41, 5.74) is 6.97. The van der Waals surface area contributed by atoms with Gasteiger partial charge in [-0.05, 0) is 24.6 Å². The molecule has 2 N–H and O–H groups in total. The highest BCUT2D eigenvalue weighted by molar-refractivity contribution is 6.21. The number of anilines is 1. The van der Waals surface area contributed by atoms with Crippen LogP contribution in [0.1, 0.15) is 34.1 Å². The third-order valence-corrected chi connectivity index (χ3v) is 2.44. The largest absolute Gasteiger partial charge is 0.399 e. The average molecular weight is 204 g/mol. The second-order valence-electron chi connectivity index (χ2n) is 3.57. The van der Waals surface area contributed by atoms with E-state index >= 15 is 0 Å². The van der Waals surface area contributed by atoms with Crippen molar-refractivity contribution >= 4 is 17.5 Å². The van der Waals surface area contributed by atoms with Crippen LogP contribution in [-0.2, 0) is 0 Å². The van der Waals surface area contributed by atoms with E-state index in [1.165, 1.54) is 4.90 Å². The first kappa shape index (κ1) is 9.71. The van der Waals surface area contributed by atoms with Crippen LogP contribution in [0, 0.1) is 0 Å². The average Bonchev–Trinajstić information content (AvgIpc) is 2.44. The van der Waals surface area contributed by atoms with Gasteiger partial charge in [-0.2, -0.15) is 0 Å². The van der Waals surface area contributed by atoms with Gasteiger partial charge in [-0.3, -0.25) is 14.5 Å². The minimum Gasteiger partial charge on any atom is -0.399 e. The summed E-state index contributed by atoms with van der Waals surface area (Å²) in [6, 6.07) is 4.81. The summed E-state index contributed by atoms with van der Waals surface area (Å²) in [6.07, 6.45) is 0.765. The molecule has 1 aliphatic rings. The number of nitrogens with two attached hydrogens (primary N) is 1. The Labute approximate surface area is 87.7 Å². The third kappa shape index (κ3) is 1.38. The normalized spacial score (nSPS) is 14.6.